The van der Waals surface area contributed by atoms with E-state index >= 15 is 0 Å². The first-order valence-electron chi connectivity index (χ1n) is 6.87. The van der Waals surface area contributed by atoms with Crippen molar-refractivity contribution in [3.8, 4) is 0 Å². The number of methoxy groups -OCH3 is 1. The van der Waals surface area contributed by atoms with E-state index in [4.69, 9.17) is 4.74 Å². The lowest BCUT2D eigenvalue weighted by atomic mass is 9.75. The molecule has 0 spiro atoms. The van der Waals surface area contributed by atoms with E-state index in [1.54, 1.807) is 7.11 Å². The first-order chi connectivity index (χ1) is 7.79. The van der Waals surface area contributed by atoms with Gasteiger partial charge >= 0.3 is 0 Å². The van der Waals surface area contributed by atoms with Crippen LogP contribution in [0, 0.1) is 11.3 Å². The van der Waals surface area contributed by atoms with E-state index in [0.29, 0.717) is 12.2 Å². The molecule has 0 atom stereocenters. The largest absolute Gasteiger partial charge is 0.370 e. The van der Waals surface area contributed by atoms with Crippen molar-refractivity contribution >= 4 is 5.78 Å². The van der Waals surface area contributed by atoms with Gasteiger partial charge in [-0.1, -0.05) is 27.7 Å². The molecule has 0 bridgehead atoms. The average Bonchev–Trinajstić information content (AvgIpc) is 2.26. The lowest BCUT2D eigenvalue weighted by Crippen LogP contribution is -2.44. The van der Waals surface area contributed by atoms with E-state index in [1.807, 2.05) is 0 Å². The minimum absolute atomic E-state index is 0.229. The first-order valence-corrected chi connectivity index (χ1v) is 6.87. The van der Waals surface area contributed by atoms with Crippen molar-refractivity contribution in [2.75, 3.05) is 7.11 Å². The summed E-state index contributed by atoms with van der Waals surface area (Å²) < 4.78 is 5.60. The number of ether oxygens (including phenoxy) is 1. The van der Waals surface area contributed by atoms with Gasteiger partial charge in [-0.2, -0.15) is 0 Å². The Morgan fingerprint density at radius 2 is 1.82 bits per heavy atom. The van der Waals surface area contributed by atoms with Crippen LogP contribution in [-0.2, 0) is 9.53 Å². The molecule has 2 heteroatoms. The van der Waals surface area contributed by atoms with Gasteiger partial charge in [-0.15, -0.1) is 0 Å². The number of hydrogen-bond donors (Lipinski definition) is 0. The van der Waals surface area contributed by atoms with Gasteiger partial charge in [-0.05, 0) is 43.4 Å². The topological polar surface area (TPSA) is 26.3 Å². The van der Waals surface area contributed by atoms with E-state index in [1.165, 1.54) is 0 Å². The fourth-order valence-corrected chi connectivity index (χ4v) is 2.54. The Kier molecular flexibility index (Phi) is 4.77. The Labute approximate surface area is 106 Å². The minimum atomic E-state index is -0.461. The summed E-state index contributed by atoms with van der Waals surface area (Å²) in [6.07, 6.45) is 5.67. The summed E-state index contributed by atoms with van der Waals surface area (Å²) in [7, 11) is 1.70. The molecule has 0 aromatic carbocycles. The van der Waals surface area contributed by atoms with Crippen LogP contribution in [0.5, 0.6) is 0 Å². The highest BCUT2D eigenvalue weighted by Gasteiger charge is 2.40. The molecule has 0 N–H and O–H groups in total. The molecular weight excluding hydrogens is 212 g/mol. The van der Waals surface area contributed by atoms with Gasteiger partial charge in [0.1, 0.15) is 5.60 Å². The molecule has 1 rings (SSSR count). The molecule has 1 aliphatic carbocycles. The molecule has 100 valence electrons. The predicted molar refractivity (Wildman–Crippen MR) is 71.1 cm³/mol. The van der Waals surface area contributed by atoms with Crippen molar-refractivity contribution in [2.24, 2.45) is 11.3 Å². The average molecular weight is 240 g/mol. The van der Waals surface area contributed by atoms with Gasteiger partial charge in [-0.3, -0.25) is 4.79 Å². The van der Waals surface area contributed by atoms with Crippen molar-refractivity contribution in [3.05, 3.63) is 0 Å². The molecule has 0 aliphatic heterocycles. The minimum Gasteiger partial charge on any atom is -0.370 e. The molecule has 0 heterocycles. The molecule has 0 amide bonds. The Morgan fingerprint density at radius 3 is 2.24 bits per heavy atom. The van der Waals surface area contributed by atoms with E-state index in [9.17, 15) is 4.79 Å². The molecule has 17 heavy (non-hydrogen) atoms. The predicted octanol–water partition coefficient (Wildman–Crippen LogP) is 3.98. The van der Waals surface area contributed by atoms with Crippen molar-refractivity contribution in [2.45, 2.75) is 71.8 Å². The van der Waals surface area contributed by atoms with E-state index in [-0.39, 0.29) is 5.41 Å². The first kappa shape index (κ1) is 14.7. The maximum absolute atomic E-state index is 12.4. The normalized spacial score (nSPS) is 30.3. The summed E-state index contributed by atoms with van der Waals surface area (Å²) in [4.78, 5) is 12.4. The van der Waals surface area contributed by atoms with Gasteiger partial charge < -0.3 is 4.74 Å². The van der Waals surface area contributed by atoms with Crippen LogP contribution < -0.4 is 0 Å². The van der Waals surface area contributed by atoms with Gasteiger partial charge in [0.15, 0.2) is 5.78 Å². The zero-order valence-electron chi connectivity index (χ0n) is 12.1. The SMILES string of the molecule is COC1(C(=O)CCC(C)(C)C)CCC(C)CC1. The number of carbonyl (C=O) groups is 1. The van der Waals surface area contributed by atoms with Crippen LogP contribution in [0.25, 0.3) is 0 Å². The van der Waals surface area contributed by atoms with Crippen molar-refractivity contribution < 1.29 is 9.53 Å². The molecule has 0 unspecified atom stereocenters. The summed E-state index contributed by atoms with van der Waals surface area (Å²) in [5, 5.41) is 0. The number of ketones is 1. The zero-order chi connectivity index (χ0) is 13.1. The molecule has 0 aromatic rings. The second kappa shape index (κ2) is 5.51. The van der Waals surface area contributed by atoms with Crippen LogP contribution in [0.1, 0.15) is 66.2 Å². The molecule has 0 radical (unpaired) electrons. The van der Waals surface area contributed by atoms with Crippen LogP contribution in [0.4, 0.5) is 0 Å². The summed E-state index contributed by atoms with van der Waals surface area (Å²) in [5.74, 6) is 1.07. The van der Waals surface area contributed by atoms with Crippen LogP contribution in [0.15, 0.2) is 0 Å². The summed E-state index contributed by atoms with van der Waals surface area (Å²) >= 11 is 0. The third kappa shape index (κ3) is 4.09. The Balaban J connectivity index is 2.58. The molecule has 1 fully saturated rings. The highest BCUT2D eigenvalue weighted by Crippen LogP contribution is 2.36. The number of hydrogen-bond acceptors (Lipinski definition) is 2. The molecule has 1 saturated carbocycles. The van der Waals surface area contributed by atoms with Crippen molar-refractivity contribution in [1.82, 2.24) is 0 Å². The molecule has 0 aromatic heterocycles. The van der Waals surface area contributed by atoms with Gasteiger partial charge in [0.2, 0.25) is 0 Å². The third-order valence-electron chi connectivity index (χ3n) is 4.08. The maximum atomic E-state index is 12.4. The van der Waals surface area contributed by atoms with Crippen LogP contribution in [-0.4, -0.2) is 18.5 Å². The zero-order valence-corrected chi connectivity index (χ0v) is 12.1. The number of Topliss-reactive ketones (excluding diaryl/α,β-unsaturated/α-hetero) is 1. The van der Waals surface area contributed by atoms with E-state index < -0.39 is 5.60 Å². The standard InChI is InChI=1S/C15H28O2/c1-12-6-10-15(17-5,11-7-12)13(16)8-9-14(2,3)4/h12H,6-11H2,1-5H3. The lowest BCUT2D eigenvalue weighted by Gasteiger charge is -2.37. The second-order valence-corrected chi connectivity index (χ2v) is 6.86. The van der Waals surface area contributed by atoms with Crippen LogP contribution >= 0.6 is 0 Å². The summed E-state index contributed by atoms with van der Waals surface area (Å²) in [6, 6.07) is 0. The highest BCUT2D eigenvalue weighted by atomic mass is 16.5. The smallest absolute Gasteiger partial charge is 0.164 e. The summed E-state index contributed by atoms with van der Waals surface area (Å²) in [6.45, 7) is 8.81. The molecule has 2 nitrogen and oxygen atoms in total. The third-order valence-corrected chi connectivity index (χ3v) is 4.08. The summed E-state index contributed by atoms with van der Waals surface area (Å²) in [5.41, 5.74) is -0.232. The fourth-order valence-electron chi connectivity index (χ4n) is 2.54. The molecular formula is C15H28O2. The van der Waals surface area contributed by atoms with E-state index in [0.717, 1.165) is 38.0 Å². The van der Waals surface area contributed by atoms with Crippen molar-refractivity contribution in [1.29, 1.82) is 0 Å². The van der Waals surface area contributed by atoms with Crippen LogP contribution in [0.2, 0.25) is 0 Å². The van der Waals surface area contributed by atoms with E-state index in [2.05, 4.69) is 27.7 Å². The van der Waals surface area contributed by atoms with Gasteiger partial charge in [0, 0.05) is 13.5 Å². The Morgan fingerprint density at radius 1 is 1.29 bits per heavy atom. The van der Waals surface area contributed by atoms with Gasteiger partial charge in [-0.25, -0.2) is 0 Å². The maximum Gasteiger partial charge on any atom is 0.164 e. The number of rotatable bonds is 4. The Bertz CT molecular complexity index is 255. The monoisotopic (exact) mass is 240 g/mol. The number of carbonyl (C=O) groups excluding carboxylic acids is 1. The molecule has 1 aliphatic rings. The second-order valence-electron chi connectivity index (χ2n) is 6.86. The highest BCUT2D eigenvalue weighted by molar-refractivity contribution is 5.87. The molecule has 0 saturated heterocycles. The quantitative estimate of drug-likeness (QED) is 0.743. The van der Waals surface area contributed by atoms with Crippen LogP contribution in [0.3, 0.4) is 0 Å². The Hall–Kier alpha value is -0.370. The fraction of sp³-hybridized carbons (Fsp3) is 0.933. The lowest BCUT2D eigenvalue weighted by molar-refractivity contribution is -0.146. The van der Waals surface area contributed by atoms with Gasteiger partial charge in [0.05, 0.1) is 0 Å². The van der Waals surface area contributed by atoms with Crippen molar-refractivity contribution in [3.63, 3.8) is 0 Å². The van der Waals surface area contributed by atoms with Gasteiger partial charge in [0.25, 0.3) is 0 Å².